The molecule has 0 radical (unpaired) electrons. The van der Waals surface area contributed by atoms with Gasteiger partial charge in [0.05, 0.1) is 16.9 Å². The van der Waals surface area contributed by atoms with Crippen LogP contribution in [0, 0.1) is 6.92 Å². The van der Waals surface area contributed by atoms with Gasteiger partial charge in [-0.05, 0) is 55.3 Å². The Bertz CT molecular complexity index is 2200. The van der Waals surface area contributed by atoms with Crippen molar-refractivity contribution in [3.05, 3.63) is 119 Å². The van der Waals surface area contributed by atoms with Crippen molar-refractivity contribution >= 4 is 39.0 Å². The van der Waals surface area contributed by atoms with Crippen molar-refractivity contribution in [1.29, 1.82) is 0 Å². The fourth-order valence-corrected chi connectivity index (χ4v) is 6.67. The summed E-state index contributed by atoms with van der Waals surface area (Å²) in [6.07, 6.45) is 4.18. The Morgan fingerprint density at radius 1 is 0.756 bits per heavy atom. The molecule has 1 aliphatic rings. The molecule has 4 heterocycles. The normalized spacial score (nSPS) is 14.0. The van der Waals surface area contributed by atoms with Gasteiger partial charge in [-0.15, -0.1) is 0 Å². The first-order valence-electron chi connectivity index (χ1n) is 14.1. The lowest BCUT2D eigenvalue weighted by Crippen LogP contribution is -2.26. The zero-order valence-corrected chi connectivity index (χ0v) is 23.6. The average Bonchev–Trinajstić information content (AvgIpc) is 3.53. The highest BCUT2D eigenvalue weighted by atomic mass is 16.3. The molecule has 41 heavy (non-hydrogen) atoms. The van der Waals surface area contributed by atoms with Gasteiger partial charge in [-0.25, -0.2) is 9.97 Å². The Hall–Kier alpha value is -4.96. The highest BCUT2D eigenvalue weighted by Gasteiger charge is 2.36. The smallest absolute Gasteiger partial charge is 0.161 e. The first-order valence-corrected chi connectivity index (χ1v) is 14.1. The van der Waals surface area contributed by atoms with Crippen LogP contribution in [0.4, 0.5) is 0 Å². The predicted molar refractivity (Wildman–Crippen MR) is 169 cm³/mol. The van der Waals surface area contributed by atoms with Gasteiger partial charge in [0, 0.05) is 38.6 Å². The molecule has 1 aliphatic heterocycles. The van der Waals surface area contributed by atoms with Crippen molar-refractivity contribution in [3.63, 3.8) is 0 Å². The Balaban J connectivity index is 1.43. The summed E-state index contributed by atoms with van der Waals surface area (Å²) in [7, 11) is 0. The lowest BCUT2D eigenvalue weighted by atomic mass is 9.74. The van der Waals surface area contributed by atoms with Crippen LogP contribution in [0.1, 0.15) is 43.2 Å². The van der Waals surface area contributed by atoms with Crippen LogP contribution in [0.3, 0.4) is 0 Å². The van der Waals surface area contributed by atoms with Crippen molar-refractivity contribution in [1.82, 2.24) is 14.5 Å². The number of hydrogen-bond donors (Lipinski definition) is 0. The maximum atomic E-state index is 6.47. The van der Waals surface area contributed by atoms with Gasteiger partial charge in [-0.1, -0.05) is 86.7 Å². The highest BCUT2D eigenvalue weighted by molar-refractivity contribution is 6.17. The number of nitrogens with zero attached hydrogens (tertiary/aromatic N) is 3. The molecule has 0 spiro atoms. The van der Waals surface area contributed by atoms with Gasteiger partial charge in [-0.3, -0.25) is 0 Å². The zero-order chi connectivity index (χ0) is 27.9. The molecule has 0 amide bonds. The minimum atomic E-state index is -0.225. The Labute approximate surface area is 238 Å². The molecule has 0 unspecified atom stereocenters. The third-order valence-corrected chi connectivity index (χ3v) is 8.66. The van der Waals surface area contributed by atoms with Crippen molar-refractivity contribution in [2.45, 2.75) is 33.1 Å². The fraction of sp³-hybridized carbons (Fsp3) is 0.135. The van der Waals surface area contributed by atoms with Crippen molar-refractivity contribution in [2.75, 3.05) is 0 Å². The van der Waals surface area contributed by atoms with Gasteiger partial charge in [-0.2, -0.15) is 0 Å². The highest BCUT2D eigenvalue weighted by Crippen LogP contribution is 2.50. The summed E-state index contributed by atoms with van der Waals surface area (Å²) in [6, 6.07) is 32.0. The fourth-order valence-electron chi connectivity index (χ4n) is 6.67. The van der Waals surface area contributed by atoms with Crippen LogP contribution in [0.5, 0.6) is 0 Å². The van der Waals surface area contributed by atoms with Gasteiger partial charge in [0.25, 0.3) is 0 Å². The molecule has 198 valence electrons. The molecule has 0 saturated carbocycles. The molecule has 8 rings (SSSR count). The Kier molecular flexibility index (Phi) is 4.96. The first kappa shape index (κ1) is 23.9. The van der Waals surface area contributed by atoms with Crippen LogP contribution in [0.15, 0.2) is 101 Å². The van der Waals surface area contributed by atoms with Gasteiger partial charge < -0.3 is 8.98 Å². The zero-order valence-electron chi connectivity index (χ0n) is 23.6. The summed E-state index contributed by atoms with van der Waals surface area (Å²) in [5.41, 5.74) is 12.8. The van der Waals surface area contributed by atoms with E-state index in [2.05, 4.69) is 104 Å². The first-order chi connectivity index (χ1) is 20.0. The number of allylic oxidation sites excluding steroid dienone is 1. The summed E-state index contributed by atoms with van der Waals surface area (Å²) in [5.74, 6) is 0.743. The van der Waals surface area contributed by atoms with E-state index in [1.54, 1.807) is 0 Å². The summed E-state index contributed by atoms with van der Waals surface area (Å²) in [4.78, 5) is 10.1. The molecule has 0 bridgehead atoms. The molecule has 0 atom stereocenters. The van der Waals surface area contributed by atoms with Gasteiger partial charge in [0.15, 0.2) is 11.4 Å². The van der Waals surface area contributed by atoms with E-state index in [-0.39, 0.29) is 5.41 Å². The SMILES string of the molecule is C/C=C\c1c(C)nc(-c2ccccc2)nc1-c1ccc2c(c1)C(C)(C)c1cccc3c4oc5ccccc5c4n-2c13. The van der Waals surface area contributed by atoms with Crippen molar-refractivity contribution < 1.29 is 4.42 Å². The molecule has 0 saturated heterocycles. The largest absolute Gasteiger partial charge is 0.454 e. The number of fused-ring (bicyclic) bond motifs is 7. The number of aryl methyl sites for hydroxylation is 1. The second kappa shape index (κ2) is 8.52. The average molecular weight is 532 g/mol. The third kappa shape index (κ3) is 3.28. The topological polar surface area (TPSA) is 43.9 Å². The van der Waals surface area contributed by atoms with Crippen LogP contribution in [0.2, 0.25) is 0 Å². The molecule has 7 aromatic rings. The molecule has 3 aromatic heterocycles. The number of benzene rings is 4. The molecular weight excluding hydrogens is 502 g/mol. The van der Waals surface area contributed by atoms with Crippen LogP contribution in [0.25, 0.3) is 67.4 Å². The minimum Gasteiger partial charge on any atom is -0.454 e. The molecule has 0 fully saturated rings. The molecular formula is C37H29N3O. The van der Waals surface area contributed by atoms with E-state index in [0.717, 1.165) is 61.4 Å². The molecule has 0 aliphatic carbocycles. The van der Waals surface area contributed by atoms with E-state index < -0.39 is 0 Å². The van der Waals surface area contributed by atoms with Gasteiger partial charge >= 0.3 is 0 Å². The van der Waals surface area contributed by atoms with E-state index in [1.807, 2.05) is 31.2 Å². The van der Waals surface area contributed by atoms with E-state index in [9.17, 15) is 0 Å². The number of aromatic nitrogens is 3. The van der Waals surface area contributed by atoms with E-state index in [0.29, 0.717) is 0 Å². The number of hydrogen-bond acceptors (Lipinski definition) is 3. The Morgan fingerprint density at radius 2 is 1.54 bits per heavy atom. The number of furan rings is 1. The standard InChI is InChI=1S/C37H29N3O/c1-5-12-25-22(2)38-36(23-13-7-6-8-14-23)39-32(25)24-19-20-30-29(21-24)37(3,4)28-17-11-16-27-33(28)40(30)34-26-15-9-10-18-31(26)41-35(27)34/h5-21H,1-4H3/b12-5-. The lowest BCUT2D eigenvalue weighted by Gasteiger charge is -2.35. The quantitative estimate of drug-likeness (QED) is 0.228. The van der Waals surface area contributed by atoms with Crippen LogP contribution in [-0.4, -0.2) is 14.5 Å². The summed E-state index contributed by atoms with van der Waals surface area (Å²) >= 11 is 0. The second-order valence-corrected chi connectivity index (χ2v) is 11.4. The number of rotatable bonds is 3. The molecule has 4 aromatic carbocycles. The lowest BCUT2D eigenvalue weighted by molar-refractivity contribution is 0.630. The minimum absolute atomic E-state index is 0.225. The Morgan fingerprint density at radius 3 is 2.37 bits per heavy atom. The van der Waals surface area contributed by atoms with Crippen LogP contribution in [-0.2, 0) is 5.41 Å². The van der Waals surface area contributed by atoms with E-state index in [1.165, 1.54) is 22.3 Å². The van der Waals surface area contributed by atoms with E-state index >= 15 is 0 Å². The third-order valence-electron chi connectivity index (χ3n) is 8.66. The van der Waals surface area contributed by atoms with Crippen molar-refractivity contribution in [2.24, 2.45) is 0 Å². The maximum absolute atomic E-state index is 6.47. The summed E-state index contributed by atoms with van der Waals surface area (Å²) in [5, 5.41) is 2.29. The van der Waals surface area contributed by atoms with Crippen molar-refractivity contribution in [3.8, 4) is 28.3 Å². The summed E-state index contributed by atoms with van der Waals surface area (Å²) < 4.78 is 8.89. The summed E-state index contributed by atoms with van der Waals surface area (Å²) in [6.45, 7) is 8.77. The van der Waals surface area contributed by atoms with Crippen LogP contribution >= 0.6 is 0 Å². The van der Waals surface area contributed by atoms with Gasteiger partial charge in [0.1, 0.15) is 11.1 Å². The predicted octanol–water partition coefficient (Wildman–Crippen LogP) is 9.63. The maximum Gasteiger partial charge on any atom is 0.161 e. The van der Waals surface area contributed by atoms with Crippen LogP contribution < -0.4 is 0 Å². The van der Waals surface area contributed by atoms with E-state index in [4.69, 9.17) is 14.4 Å². The molecule has 4 nitrogen and oxygen atoms in total. The second-order valence-electron chi connectivity index (χ2n) is 11.4. The van der Waals surface area contributed by atoms with Gasteiger partial charge in [0.2, 0.25) is 0 Å². The molecule has 0 N–H and O–H groups in total. The molecule has 4 heteroatoms. The monoisotopic (exact) mass is 531 g/mol. The number of para-hydroxylation sites is 2.